The molecule has 0 saturated carbocycles. The zero-order chi connectivity index (χ0) is 15.5. The summed E-state index contributed by atoms with van der Waals surface area (Å²) in [5.74, 6) is 0.832. The predicted molar refractivity (Wildman–Crippen MR) is 88.7 cm³/mol. The Balaban J connectivity index is 2.20. The maximum atomic E-state index is 13.0. The highest BCUT2D eigenvalue weighted by molar-refractivity contribution is 5.89. The van der Waals surface area contributed by atoms with Gasteiger partial charge in [0.05, 0.1) is 5.54 Å². The van der Waals surface area contributed by atoms with E-state index in [4.69, 9.17) is 0 Å². The minimum Gasteiger partial charge on any atom is -0.298 e. The molecule has 2 rings (SSSR count). The van der Waals surface area contributed by atoms with Crippen LogP contribution in [0.15, 0.2) is 24.3 Å². The largest absolute Gasteiger partial charge is 0.298 e. The first-order chi connectivity index (χ1) is 10.0. The molecule has 1 unspecified atom stereocenters. The van der Waals surface area contributed by atoms with E-state index >= 15 is 0 Å². The van der Waals surface area contributed by atoms with E-state index in [0.29, 0.717) is 18.1 Å². The van der Waals surface area contributed by atoms with Crippen LogP contribution in [0.3, 0.4) is 0 Å². The van der Waals surface area contributed by atoms with Crippen molar-refractivity contribution in [1.29, 1.82) is 0 Å². The van der Waals surface area contributed by atoms with E-state index in [1.54, 1.807) is 0 Å². The van der Waals surface area contributed by atoms with E-state index in [9.17, 15) is 4.79 Å². The average Bonchev–Trinajstić information content (AvgIpc) is 2.49. The molecule has 0 radical (unpaired) electrons. The third kappa shape index (κ3) is 3.06. The maximum absolute atomic E-state index is 13.0. The van der Waals surface area contributed by atoms with Gasteiger partial charge in [0.15, 0.2) is 5.78 Å². The monoisotopic (exact) mass is 287 g/mol. The summed E-state index contributed by atoms with van der Waals surface area (Å²) in [5, 5.41) is 0. The number of hydrogen-bond donors (Lipinski definition) is 0. The SMILES string of the molecule is CCC(CC)(C(=O)CC1CCCc2ccccc21)N(C)C. The van der Waals surface area contributed by atoms with Crippen LogP contribution in [0.4, 0.5) is 0 Å². The predicted octanol–water partition coefficient (Wildman–Crippen LogP) is 4.19. The van der Waals surface area contributed by atoms with Crippen molar-refractivity contribution in [3.63, 3.8) is 0 Å². The molecule has 0 heterocycles. The highest BCUT2D eigenvalue weighted by atomic mass is 16.1. The molecule has 0 amide bonds. The summed E-state index contributed by atoms with van der Waals surface area (Å²) in [6.07, 6.45) is 6.01. The molecule has 2 nitrogen and oxygen atoms in total. The lowest BCUT2D eigenvalue weighted by Gasteiger charge is -2.38. The van der Waals surface area contributed by atoms with Crippen molar-refractivity contribution in [3.05, 3.63) is 35.4 Å². The van der Waals surface area contributed by atoms with Crippen LogP contribution >= 0.6 is 0 Å². The third-order valence-corrected chi connectivity index (χ3v) is 5.47. The van der Waals surface area contributed by atoms with Crippen LogP contribution in [0.1, 0.15) is 63.0 Å². The molecule has 0 N–H and O–H groups in total. The Morgan fingerprint density at radius 3 is 2.52 bits per heavy atom. The molecule has 1 atom stereocenters. The number of nitrogens with zero attached hydrogens (tertiary/aromatic N) is 1. The number of rotatable bonds is 6. The van der Waals surface area contributed by atoms with Crippen LogP contribution < -0.4 is 0 Å². The first-order valence-electron chi connectivity index (χ1n) is 8.33. The van der Waals surface area contributed by atoms with Gasteiger partial charge in [-0.15, -0.1) is 0 Å². The summed E-state index contributed by atoms with van der Waals surface area (Å²) < 4.78 is 0. The fourth-order valence-corrected chi connectivity index (χ4v) is 4.01. The quantitative estimate of drug-likeness (QED) is 0.782. The molecule has 0 aliphatic heterocycles. The van der Waals surface area contributed by atoms with Crippen molar-refractivity contribution < 1.29 is 4.79 Å². The van der Waals surface area contributed by atoms with Crippen LogP contribution in [-0.4, -0.2) is 30.3 Å². The number of aryl methyl sites for hydroxylation is 1. The normalized spacial score (nSPS) is 18.6. The molecule has 21 heavy (non-hydrogen) atoms. The van der Waals surface area contributed by atoms with Crippen molar-refractivity contribution in [2.45, 2.75) is 63.8 Å². The van der Waals surface area contributed by atoms with Crippen LogP contribution in [0.5, 0.6) is 0 Å². The van der Waals surface area contributed by atoms with Gasteiger partial charge in [-0.05, 0) is 63.2 Å². The van der Waals surface area contributed by atoms with Gasteiger partial charge in [0.2, 0.25) is 0 Å². The lowest BCUT2D eigenvalue weighted by atomic mass is 9.76. The molecule has 0 bridgehead atoms. The van der Waals surface area contributed by atoms with E-state index in [2.05, 4.69) is 43.0 Å². The molecule has 0 aromatic heterocycles. The Labute approximate surface area is 129 Å². The summed E-state index contributed by atoms with van der Waals surface area (Å²) in [6.45, 7) is 4.27. The molecule has 0 spiro atoms. The number of hydrogen-bond acceptors (Lipinski definition) is 2. The second-order valence-electron chi connectivity index (χ2n) is 6.55. The second-order valence-corrected chi connectivity index (χ2v) is 6.55. The fourth-order valence-electron chi connectivity index (χ4n) is 4.01. The van der Waals surface area contributed by atoms with Crippen molar-refractivity contribution in [1.82, 2.24) is 4.90 Å². The van der Waals surface area contributed by atoms with Gasteiger partial charge in [0, 0.05) is 6.42 Å². The van der Waals surface area contributed by atoms with Crippen molar-refractivity contribution in [3.8, 4) is 0 Å². The van der Waals surface area contributed by atoms with Gasteiger partial charge in [0.25, 0.3) is 0 Å². The third-order valence-electron chi connectivity index (χ3n) is 5.47. The van der Waals surface area contributed by atoms with E-state index in [1.807, 2.05) is 14.1 Å². The summed E-state index contributed by atoms with van der Waals surface area (Å²) in [6, 6.07) is 8.68. The number of benzene rings is 1. The van der Waals surface area contributed by atoms with Crippen LogP contribution in [0, 0.1) is 0 Å². The number of ketones is 1. The Hall–Kier alpha value is -1.15. The van der Waals surface area contributed by atoms with Gasteiger partial charge >= 0.3 is 0 Å². The second kappa shape index (κ2) is 6.74. The summed E-state index contributed by atoms with van der Waals surface area (Å²) in [4.78, 5) is 15.1. The van der Waals surface area contributed by atoms with Crippen molar-refractivity contribution in [2.75, 3.05) is 14.1 Å². The Morgan fingerprint density at radius 1 is 1.24 bits per heavy atom. The van der Waals surface area contributed by atoms with Crippen molar-refractivity contribution >= 4 is 5.78 Å². The number of Topliss-reactive ketones (excluding diaryl/α,β-unsaturated/α-hetero) is 1. The Morgan fingerprint density at radius 2 is 1.90 bits per heavy atom. The van der Waals surface area contributed by atoms with Gasteiger partial charge in [-0.3, -0.25) is 9.69 Å². The van der Waals surface area contributed by atoms with Crippen molar-refractivity contribution in [2.24, 2.45) is 0 Å². The van der Waals surface area contributed by atoms with Gasteiger partial charge < -0.3 is 0 Å². The van der Waals surface area contributed by atoms with Crippen LogP contribution in [-0.2, 0) is 11.2 Å². The first-order valence-corrected chi connectivity index (χ1v) is 8.33. The standard InChI is InChI=1S/C19H29NO/c1-5-19(6-2,20(3)4)18(21)14-16-12-9-11-15-10-7-8-13-17(15)16/h7-8,10,13,16H,5-6,9,11-12,14H2,1-4H3. The maximum Gasteiger partial charge on any atom is 0.153 e. The lowest BCUT2D eigenvalue weighted by Crippen LogP contribution is -2.50. The number of carbonyl (C=O) groups excluding carboxylic acids is 1. The topological polar surface area (TPSA) is 20.3 Å². The molecule has 2 heteroatoms. The first kappa shape index (κ1) is 16.2. The van der Waals surface area contributed by atoms with E-state index < -0.39 is 0 Å². The lowest BCUT2D eigenvalue weighted by molar-refractivity contribution is -0.130. The summed E-state index contributed by atoms with van der Waals surface area (Å²) >= 11 is 0. The minimum absolute atomic E-state index is 0.285. The Kier molecular flexibility index (Phi) is 5.21. The fraction of sp³-hybridized carbons (Fsp3) is 0.632. The molecular weight excluding hydrogens is 258 g/mol. The summed E-state index contributed by atoms with van der Waals surface area (Å²) in [7, 11) is 4.08. The van der Waals surface area contributed by atoms with E-state index in [0.717, 1.165) is 19.3 Å². The number of likely N-dealkylation sites (N-methyl/N-ethyl adjacent to an activating group) is 1. The molecule has 1 aliphatic carbocycles. The number of carbonyl (C=O) groups is 1. The highest BCUT2D eigenvalue weighted by Crippen LogP contribution is 2.36. The zero-order valence-corrected chi connectivity index (χ0v) is 14.0. The summed E-state index contributed by atoms with van der Waals surface area (Å²) in [5.41, 5.74) is 2.58. The van der Waals surface area contributed by atoms with Gasteiger partial charge in [0.1, 0.15) is 0 Å². The molecule has 0 saturated heterocycles. The molecular formula is C19H29NO. The van der Waals surface area contributed by atoms with Crippen LogP contribution in [0.2, 0.25) is 0 Å². The molecule has 1 aromatic carbocycles. The van der Waals surface area contributed by atoms with Crippen LogP contribution in [0.25, 0.3) is 0 Å². The molecule has 0 fully saturated rings. The van der Waals surface area contributed by atoms with E-state index in [1.165, 1.54) is 24.0 Å². The highest BCUT2D eigenvalue weighted by Gasteiger charge is 2.38. The van der Waals surface area contributed by atoms with E-state index in [-0.39, 0.29) is 5.54 Å². The van der Waals surface area contributed by atoms with Gasteiger partial charge in [-0.2, -0.15) is 0 Å². The Bertz CT molecular complexity index is 488. The van der Waals surface area contributed by atoms with Gasteiger partial charge in [-0.25, -0.2) is 0 Å². The number of fused-ring (bicyclic) bond motifs is 1. The molecule has 1 aromatic rings. The van der Waals surface area contributed by atoms with Gasteiger partial charge in [-0.1, -0.05) is 38.1 Å². The molecule has 1 aliphatic rings. The average molecular weight is 287 g/mol. The molecule has 116 valence electrons. The zero-order valence-electron chi connectivity index (χ0n) is 14.0. The smallest absolute Gasteiger partial charge is 0.153 e. The minimum atomic E-state index is -0.285.